The van der Waals surface area contributed by atoms with Crippen LogP contribution in [0.5, 0.6) is 11.5 Å². The summed E-state index contributed by atoms with van der Waals surface area (Å²) < 4.78 is 15.5. The molecule has 1 aromatic rings. The molecule has 0 radical (unpaired) electrons. The molecule has 1 aromatic carbocycles. The summed E-state index contributed by atoms with van der Waals surface area (Å²) in [6.45, 7) is 0.655. The van der Waals surface area contributed by atoms with Gasteiger partial charge in [0, 0.05) is 12.6 Å². The fourth-order valence-electron chi connectivity index (χ4n) is 1.79. The monoisotopic (exact) mass is 298 g/mol. The van der Waals surface area contributed by atoms with E-state index in [4.69, 9.17) is 19.3 Å². The topological polar surface area (TPSA) is 120 Å². The first-order chi connectivity index (χ1) is 10.1. The van der Waals surface area contributed by atoms with Crippen LogP contribution < -0.4 is 14.8 Å². The Labute approximate surface area is 119 Å². The zero-order valence-corrected chi connectivity index (χ0v) is 11.0. The van der Waals surface area contributed by atoms with E-state index in [1.165, 1.54) is 12.1 Å². The first-order valence-corrected chi connectivity index (χ1v) is 6.19. The molecule has 2 N–H and O–H groups in total. The molecular formula is C12H14N2O7. The van der Waals surface area contributed by atoms with Crippen molar-refractivity contribution >= 4 is 17.3 Å². The lowest BCUT2D eigenvalue weighted by Crippen LogP contribution is -2.17. The number of nitrogens with zero attached hydrogens (tertiary/aromatic N) is 1. The summed E-state index contributed by atoms with van der Waals surface area (Å²) in [7, 11) is 0. The zero-order valence-electron chi connectivity index (χ0n) is 11.0. The number of carbonyl (C=O) groups is 1. The molecule has 0 saturated carbocycles. The maximum absolute atomic E-state index is 11.0. The number of hydrogen-bond acceptors (Lipinski definition) is 7. The van der Waals surface area contributed by atoms with Crippen molar-refractivity contribution in [1.29, 1.82) is 0 Å². The maximum Gasteiger partial charge on any atom is 0.329 e. The van der Waals surface area contributed by atoms with Crippen molar-refractivity contribution in [3.05, 3.63) is 22.2 Å². The summed E-state index contributed by atoms with van der Waals surface area (Å²) in [6.07, 6.45) is 0. The highest BCUT2D eigenvalue weighted by Gasteiger charge is 2.22. The van der Waals surface area contributed by atoms with Gasteiger partial charge in [0.25, 0.3) is 5.69 Å². The van der Waals surface area contributed by atoms with Gasteiger partial charge < -0.3 is 24.6 Å². The fourth-order valence-corrected chi connectivity index (χ4v) is 1.79. The van der Waals surface area contributed by atoms with Crippen LogP contribution in [0.3, 0.4) is 0 Å². The number of aliphatic carboxylic acids is 1. The molecule has 0 spiro atoms. The van der Waals surface area contributed by atoms with E-state index in [1.807, 2.05) is 0 Å². The molecule has 0 saturated heterocycles. The average Bonchev–Trinajstić information content (AvgIpc) is 2.45. The summed E-state index contributed by atoms with van der Waals surface area (Å²) in [5, 5.41) is 22.3. The molecule has 0 aliphatic carbocycles. The van der Waals surface area contributed by atoms with E-state index in [2.05, 4.69) is 5.32 Å². The number of nitro groups is 1. The molecule has 0 aromatic heterocycles. The van der Waals surface area contributed by atoms with Gasteiger partial charge in [-0.2, -0.15) is 0 Å². The molecule has 9 heteroatoms. The number of anilines is 1. The third-order valence-electron chi connectivity index (χ3n) is 2.64. The van der Waals surface area contributed by atoms with Gasteiger partial charge in [-0.1, -0.05) is 0 Å². The second-order valence-electron chi connectivity index (χ2n) is 4.14. The van der Waals surface area contributed by atoms with Crippen molar-refractivity contribution in [2.75, 3.05) is 38.3 Å². The predicted octanol–water partition coefficient (Wildman–Crippen LogP) is 0.879. The van der Waals surface area contributed by atoms with Gasteiger partial charge in [0.1, 0.15) is 25.5 Å². The van der Waals surface area contributed by atoms with Gasteiger partial charge >= 0.3 is 5.97 Å². The lowest BCUT2D eigenvalue weighted by Gasteiger charge is -2.19. The summed E-state index contributed by atoms with van der Waals surface area (Å²) >= 11 is 0. The standard InChI is InChI=1S/C12H14N2O7/c15-12(16)7-19-2-1-13-8-5-10-11(21-4-3-20-10)6-9(8)14(17)18/h5-6,13H,1-4,7H2,(H,15,16). The van der Waals surface area contributed by atoms with Crippen molar-refractivity contribution in [3.63, 3.8) is 0 Å². The maximum atomic E-state index is 11.0. The highest BCUT2D eigenvalue weighted by Crippen LogP contribution is 2.39. The number of nitro benzene ring substituents is 1. The van der Waals surface area contributed by atoms with Crippen LogP contribution in [0.15, 0.2) is 12.1 Å². The number of carboxylic acid groups (broad SMARTS) is 1. The van der Waals surface area contributed by atoms with Gasteiger partial charge in [0.15, 0.2) is 11.5 Å². The molecule has 114 valence electrons. The van der Waals surface area contributed by atoms with Gasteiger partial charge in [-0.15, -0.1) is 0 Å². The average molecular weight is 298 g/mol. The molecule has 0 atom stereocenters. The SMILES string of the molecule is O=C(O)COCCNc1cc2c(cc1[N+](=O)[O-])OCCO2. The molecule has 2 rings (SSSR count). The Morgan fingerprint density at radius 3 is 2.67 bits per heavy atom. The van der Waals surface area contributed by atoms with Crippen molar-refractivity contribution in [1.82, 2.24) is 0 Å². The van der Waals surface area contributed by atoms with E-state index < -0.39 is 17.5 Å². The van der Waals surface area contributed by atoms with Crippen LogP contribution in [-0.4, -0.2) is 49.0 Å². The molecule has 1 aliphatic rings. The Bertz CT molecular complexity index is 547. The van der Waals surface area contributed by atoms with E-state index in [-0.39, 0.29) is 24.5 Å². The first-order valence-electron chi connectivity index (χ1n) is 6.19. The highest BCUT2D eigenvalue weighted by molar-refractivity contribution is 5.69. The van der Waals surface area contributed by atoms with E-state index in [9.17, 15) is 14.9 Å². The Morgan fingerprint density at radius 2 is 2.05 bits per heavy atom. The molecule has 0 bridgehead atoms. The first kappa shape index (κ1) is 14.9. The molecule has 1 heterocycles. The molecular weight excluding hydrogens is 284 g/mol. The molecule has 0 unspecified atom stereocenters. The second-order valence-corrected chi connectivity index (χ2v) is 4.14. The second kappa shape index (κ2) is 6.75. The van der Waals surface area contributed by atoms with E-state index in [0.29, 0.717) is 24.7 Å². The van der Waals surface area contributed by atoms with E-state index >= 15 is 0 Å². The largest absolute Gasteiger partial charge is 0.486 e. The van der Waals surface area contributed by atoms with Gasteiger partial charge in [-0.05, 0) is 0 Å². The van der Waals surface area contributed by atoms with Crippen LogP contribution in [0.1, 0.15) is 0 Å². The van der Waals surface area contributed by atoms with Crippen molar-refractivity contribution < 1.29 is 29.0 Å². The van der Waals surface area contributed by atoms with Crippen LogP contribution in [-0.2, 0) is 9.53 Å². The number of rotatable bonds is 7. The van der Waals surface area contributed by atoms with E-state index in [0.717, 1.165) is 0 Å². The Balaban J connectivity index is 2.03. The predicted molar refractivity (Wildman–Crippen MR) is 71.0 cm³/mol. The Morgan fingerprint density at radius 1 is 1.38 bits per heavy atom. The van der Waals surface area contributed by atoms with Crippen molar-refractivity contribution in [3.8, 4) is 11.5 Å². The smallest absolute Gasteiger partial charge is 0.329 e. The number of fused-ring (bicyclic) bond motifs is 1. The number of benzene rings is 1. The lowest BCUT2D eigenvalue weighted by molar-refractivity contribution is -0.384. The number of hydrogen-bond donors (Lipinski definition) is 2. The van der Waals surface area contributed by atoms with Crippen LogP contribution in [0.2, 0.25) is 0 Å². The van der Waals surface area contributed by atoms with Crippen LogP contribution >= 0.6 is 0 Å². The van der Waals surface area contributed by atoms with Gasteiger partial charge in [0.05, 0.1) is 17.6 Å². The van der Waals surface area contributed by atoms with Gasteiger partial charge in [-0.3, -0.25) is 10.1 Å². The fraction of sp³-hybridized carbons (Fsp3) is 0.417. The van der Waals surface area contributed by atoms with Crippen LogP contribution in [0.4, 0.5) is 11.4 Å². The quantitative estimate of drug-likeness (QED) is 0.432. The summed E-state index contributed by atoms with van der Waals surface area (Å²) in [5.74, 6) is -0.304. The van der Waals surface area contributed by atoms with Crippen molar-refractivity contribution in [2.24, 2.45) is 0 Å². The van der Waals surface area contributed by atoms with Gasteiger partial charge in [-0.25, -0.2) is 4.79 Å². The number of nitrogens with one attached hydrogen (secondary N) is 1. The molecule has 0 amide bonds. The summed E-state index contributed by atoms with van der Waals surface area (Å²) in [4.78, 5) is 20.8. The van der Waals surface area contributed by atoms with E-state index in [1.54, 1.807) is 0 Å². The lowest BCUT2D eigenvalue weighted by atomic mass is 10.2. The van der Waals surface area contributed by atoms with Crippen molar-refractivity contribution in [2.45, 2.75) is 0 Å². The third kappa shape index (κ3) is 3.96. The minimum absolute atomic E-state index is 0.109. The van der Waals surface area contributed by atoms with Crippen LogP contribution in [0, 0.1) is 10.1 Å². The molecule has 0 fully saturated rings. The minimum atomic E-state index is -1.07. The molecule has 9 nitrogen and oxygen atoms in total. The number of carboxylic acids is 1. The highest BCUT2D eigenvalue weighted by atomic mass is 16.6. The summed E-state index contributed by atoms with van der Waals surface area (Å²) in [6, 6.07) is 2.79. The Hall–Kier alpha value is -2.55. The summed E-state index contributed by atoms with van der Waals surface area (Å²) in [5.41, 5.74) is 0.126. The Kier molecular flexibility index (Phi) is 4.77. The normalized spacial score (nSPS) is 12.8. The van der Waals surface area contributed by atoms with Gasteiger partial charge in [0.2, 0.25) is 0 Å². The van der Waals surface area contributed by atoms with Crippen LogP contribution in [0.25, 0.3) is 0 Å². The third-order valence-corrected chi connectivity index (χ3v) is 2.64. The zero-order chi connectivity index (χ0) is 15.2. The molecule has 1 aliphatic heterocycles. The molecule has 21 heavy (non-hydrogen) atoms. The number of ether oxygens (including phenoxy) is 3. The minimum Gasteiger partial charge on any atom is -0.486 e.